The third-order valence-corrected chi connectivity index (χ3v) is 35.5. The fraction of sp³-hybridized carbons (Fsp3) is 0.420. The molecule has 0 aliphatic heterocycles. The van der Waals surface area contributed by atoms with Crippen molar-refractivity contribution < 1.29 is 355 Å². The monoisotopic (exact) mass is 1730 g/mol. The first-order valence-electron chi connectivity index (χ1n) is 40.7. The van der Waals surface area contributed by atoms with Crippen molar-refractivity contribution in [3.05, 3.63) is 127 Å². The van der Waals surface area contributed by atoms with Crippen molar-refractivity contribution in [3.63, 3.8) is 0 Å². The Balaban J connectivity index is 0.00000102. The fourth-order valence-electron chi connectivity index (χ4n) is 35.4. The van der Waals surface area contributed by atoms with E-state index in [0.717, 1.165) is 231 Å². The summed E-state index contributed by atoms with van der Waals surface area (Å²) in [4.78, 5) is 126. The second-order valence-corrected chi connectivity index (χ2v) is 37.6. The van der Waals surface area contributed by atoms with Crippen molar-refractivity contribution >= 4 is 157 Å². The molecule has 23 aliphatic carbocycles. The van der Waals surface area contributed by atoms with E-state index >= 15 is 0 Å². The van der Waals surface area contributed by atoms with E-state index in [9.17, 15) is 89.1 Å². The first-order valence-corrected chi connectivity index (χ1v) is 40.7. The van der Waals surface area contributed by atoms with Crippen LogP contribution in [0.25, 0.3) is 103 Å². The van der Waals surface area contributed by atoms with Crippen LogP contribution in [0, 0.1) is 11.8 Å². The van der Waals surface area contributed by atoms with Gasteiger partial charge in [-0.1, -0.05) is 0 Å². The molecular weight excluding hydrogens is 1680 g/mol. The number of nitrogens with one attached hydrogen (secondary N) is 8. The number of carboxylic acid groups (broad SMARTS) is 9. The molecule has 27 nitrogen and oxygen atoms in total. The summed E-state index contributed by atoms with van der Waals surface area (Å²) in [6, 6.07) is 0. The van der Waals surface area contributed by atoms with E-state index < -0.39 is 215 Å². The van der Waals surface area contributed by atoms with Crippen LogP contribution in [0.5, 0.6) is 0 Å². The van der Waals surface area contributed by atoms with E-state index in [1.54, 1.807) is 0 Å². The summed E-state index contributed by atoms with van der Waals surface area (Å²) in [6.45, 7) is -1.49. The summed E-state index contributed by atoms with van der Waals surface area (Å²) in [7, 11) is 2.00. The molecule has 0 saturated heterocycles. The Bertz CT molecular complexity index is 7420. The number of rotatable bonds is 36. The van der Waals surface area contributed by atoms with Crippen LogP contribution in [0.4, 0.5) is 0 Å². The van der Waals surface area contributed by atoms with Crippen molar-refractivity contribution in [1.29, 1.82) is 0 Å². The maximum atomic E-state index is 13.9. The smallest absolute Gasteiger partial charge is 0.550 e. The summed E-state index contributed by atoms with van der Waals surface area (Å²) >= 11 is 0. The van der Waals surface area contributed by atoms with E-state index in [1.165, 1.54) is 0 Å². The minimum absolute atomic E-state index is 0. The number of nitrogens with zero attached hydrogens (tertiary/aromatic N) is 1. The summed E-state index contributed by atoms with van der Waals surface area (Å²) in [5.41, 5.74) is 9.53. The van der Waals surface area contributed by atoms with Crippen molar-refractivity contribution in [2.45, 2.75) is 149 Å². The predicted octanol–water partition coefficient (Wildman–Crippen LogP) is -35.4. The summed E-state index contributed by atoms with van der Waals surface area (Å²) in [5.74, 6) is -19.7. The Labute approximate surface area is 900 Å². The Kier molecular flexibility index (Phi) is 18.2. The van der Waals surface area contributed by atoms with Gasteiger partial charge in [0.15, 0.2) is 0 Å². The zero-order valence-corrected chi connectivity index (χ0v) is 87.7. The van der Waals surface area contributed by atoms with Gasteiger partial charge in [-0.3, -0.25) is 4.90 Å². The zero-order valence-electron chi connectivity index (χ0n) is 69.7. The minimum Gasteiger partial charge on any atom is -0.550 e. The number of carbonyl (C=O) groups excluding carboxylic acids is 9. The zero-order chi connectivity index (χ0) is 77.1. The van der Waals surface area contributed by atoms with Gasteiger partial charge in [0.1, 0.15) is 0 Å². The van der Waals surface area contributed by atoms with E-state index in [1.807, 2.05) is 7.05 Å². The average Bonchev–Trinajstić information content (AvgIpc) is 1.37. The molecule has 9 aromatic carbocycles. The van der Waals surface area contributed by atoms with Crippen LogP contribution in [-0.2, 0) is 81.9 Å². The molecule has 124 heavy (non-hydrogen) atoms. The van der Waals surface area contributed by atoms with E-state index in [-0.39, 0.29) is 325 Å². The average molecular weight is 1730 g/mol. The first kappa shape index (κ1) is 87.7. The van der Waals surface area contributed by atoms with Gasteiger partial charge in [0.25, 0.3) is 0 Å². The molecule has 1 saturated carbocycles. The maximum Gasteiger partial charge on any atom is 1.00 e. The Morgan fingerprint density at radius 3 is 1.37 bits per heavy atom. The van der Waals surface area contributed by atoms with Gasteiger partial charge in [-0.05, 0) is 295 Å². The van der Waals surface area contributed by atoms with E-state index in [4.69, 9.17) is 0 Å². The second kappa shape index (κ2) is 25.8. The van der Waals surface area contributed by atoms with Crippen LogP contribution >= 0.6 is 0 Å². The van der Waals surface area contributed by atoms with Crippen molar-refractivity contribution in [1.82, 2.24) is 47.4 Å². The molecular formula is C88H56N9Na9O18. The Hall–Kier alpha value is -1.59. The molecule has 36 heteroatoms. The van der Waals surface area contributed by atoms with Gasteiger partial charge >= 0.3 is 266 Å². The number of hydrogen-bond donors (Lipinski definition) is 8. The summed E-state index contributed by atoms with van der Waals surface area (Å²) in [6.07, 6.45) is -4.31. The molecule has 0 heterocycles. The van der Waals surface area contributed by atoms with Gasteiger partial charge in [-0.25, -0.2) is 0 Å². The molecule has 9 aromatic rings. The molecule has 0 radical (unpaired) electrons. The van der Waals surface area contributed by atoms with Crippen molar-refractivity contribution in [2.75, 3.05) is 66.0 Å². The van der Waals surface area contributed by atoms with Crippen LogP contribution in [-0.4, -0.2) is 136 Å². The topological polar surface area (TPSA) is 461 Å². The molecule has 8 N–H and O–H groups in total. The molecule has 1 fully saturated rings. The van der Waals surface area contributed by atoms with Gasteiger partial charge < -0.3 is 132 Å². The summed E-state index contributed by atoms with van der Waals surface area (Å²) in [5, 5.41) is 173. The minimum atomic E-state index is -1.64. The van der Waals surface area contributed by atoms with E-state index in [2.05, 4.69) is 47.4 Å². The fourth-order valence-corrected chi connectivity index (χ4v) is 35.4. The van der Waals surface area contributed by atoms with Crippen LogP contribution < -0.4 is 365 Å². The Morgan fingerprint density at radius 2 is 0.774 bits per heavy atom. The third-order valence-electron chi connectivity index (χ3n) is 35.5. The van der Waals surface area contributed by atoms with E-state index in [0.29, 0.717) is 0 Å². The normalized spacial score (nSPS) is 33.4. The molecule has 18 atom stereocenters. The number of aliphatic carboxylic acids is 9. The third kappa shape index (κ3) is 7.47. The number of carbonyl (C=O) groups is 9. The van der Waals surface area contributed by atoms with Crippen LogP contribution in [0.15, 0.2) is 16.7 Å². The number of benzene rings is 7. The molecule has 0 bridgehead atoms. The SMILES string of the molecule is CN(CCC(=O)[O-])C12C3=C4c5c6c7c8c9c%10c%11c%12c%13c%14c%15c%16c%17c%18c(c5c8c(c%15%18)c%139)C4(NCCC(=O)[O-])C4C=%17C5(NCCC(=O)[O-])C(=C8c9c1c1c%13c%15c%17c%18c%19c%20c%21c(c8c%19c9%15)C5C=%16C%21(NCCC(=O)[O-])C%14C%12(NCCC(=O)[O-])C%20C%18(NCCC(=O)[O-])C%11C5(NCCC(=O)[O-])C%17C%13=C(C6(NCCC(=O)[O-])C31)C7(NCCC(=O)[O-])C%105)C42.[Na+].[Na+].[Na+].[Na+].[Na+].[Na+].[Na+].[Na+].[Na+]. The van der Waals surface area contributed by atoms with Crippen LogP contribution in [0.2, 0.25) is 0 Å². The standard InChI is InChI=1S/C88H65N9O18.9Na/c1-97(19-10-28(114)115)88-63-42-32-33-38-44(42)67-74(88)72-66-48-41-30-29-31-36-40-35(29)46-54-69-65(40)87(96-18-9-27(112)113)76-50(36)57-60-45(31)49-37(30)43(48)64-68(81(66,67)90-12-3-21(100)101)52(38)61-56-47(33)59-51-34(32)39-53(63)71(73(88)70(54)80(72,58(41)46)89-11-2-20(98)99)83(69,92-14-5-23(104)105)77(87)55(39)62(51)86(76,95-17-8-26(110)111)79(57)84(59,93-15-6-24(106)107)78(56)85(60,94-16-7-25(108)109)75(49)82(61,64)91-13-4-22(102)103;;;;;;;;;/h62,68,71-72,74-76,78-79,89-96H,2-19H2,1H3,(H,98,99)(H,100,101)(H,102,103)(H,104,105)(H,106,107)(H,108,109)(H,110,111)(H,112,113)(H,114,115);;;;;;;;;/q;9*+1/p-9. The van der Waals surface area contributed by atoms with Gasteiger partial charge in [-0.15, -0.1) is 0 Å². The van der Waals surface area contributed by atoms with Gasteiger partial charge in [0.2, 0.25) is 0 Å². The van der Waals surface area contributed by atoms with Crippen molar-refractivity contribution in [2.24, 2.45) is 11.8 Å². The van der Waals surface area contributed by atoms with Crippen molar-refractivity contribution in [3.8, 4) is 0 Å². The largest absolute Gasteiger partial charge is 1.00 e. The van der Waals surface area contributed by atoms with Crippen LogP contribution in [0.1, 0.15) is 199 Å². The number of likely N-dealkylation sites (N-methyl/N-ethyl adjacent to an activating group) is 1. The molecule has 18 unspecified atom stereocenters. The molecule has 0 amide bonds. The van der Waals surface area contributed by atoms with Crippen LogP contribution in [0.3, 0.4) is 0 Å². The Morgan fingerprint density at radius 1 is 0.298 bits per heavy atom. The molecule has 0 spiro atoms. The first-order chi connectivity index (χ1) is 55.5. The quantitative estimate of drug-likeness (QED) is 0.0133. The molecule has 32 rings (SSSR count). The number of hydrogen-bond acceptors (Lipinski definition) is 27. The predicted molar refractivity (Wildman–Crippen MR) is 382 cm³/mol. The summed E-state index contributed by atoms with van der Waals surface area (Å²) < 4.78 is 0. The van der Waals surface area contributed by atoms with Gasteiger partial charge in [0, 0.05) is 171 Å². The molecule has 23 aliphatic rings. The number of carboxylic acids is 9. The maximum absolute atomic E-state index is 13.9. The molecule has 0 aromatic heterocycles. The molecule has 570 valence electrons. The van der Waals surface area contributed by atoms with Gasteiger partial charge in [-0.2, -0.15) is 0 Å². The second-order valence-electron chi connectivity index (χ2n) is 37.6. The van der Waals surface area contributed by atoms with Gasteiger partial charge in [0.05, 0.1) is 44.3 Å².